The molecule has 0 saturated carbocycles. The average molecular weight is 341 g/mol. The lowest BCUT2D eigenvalue weighted by molar-refractivity contribution is -0.122. The summed E-state index contributed by atoms with van der Waals surface area (Å²) in [5.74, 6) is 0.0762. The summed E-state index contributed by atoms with van der Waals surface area (Å²) < 4.78 is 1.84. The van der Waals surface area contributed by atoms with Gasteiger partial charge >= 0.3 is 0 Å². The van der Waals surface area contributed by atoms with Gasteiger partial charge in [0, 0.05) is 25.5 Å². The molecule has 1 amide bonds. The van der Waals surface area contributed by atoms with Crippen molar-refractivity contribution in [3.05, 3.63) is 48.3 Å². The Balaban J connectivity index is 1.62. The highest BCUT2D eigenvalue weighted by atomic mass is 16.2. The summed E-state index contributed by atoms with van der Waals surface area (Å²) in [5.41, 5.74) is 2.06. The molecule has 1 N–H and O–H groups in total. The topological polar surface area (TPSA) is 53.4 Å². The number of nitrogens with one attached hydrogen (secondary N) is 1. The highest BCUT2D eigenvalue weighted by Gasteiger charge is 2.18. The second-order valence-electron chi connectivity index (χ2n) is 6.73. The summed E-state index contributed by atoms with van der Waals surface area (Å²) in [4.78, 5) is 17.1. The van der Waals surface area contributed by atoms with E-state index in [0.717, 1.165) is 43.9 Å². The van der Waals surface area contributed by atoms with Crippen LogP contribution in [0.1, 0.15) is 24.9 Å². The van der Waals surface area contributed by atoms with Gasteiger partial charge in [-0.05, 0) is 51.2 Å². The van der Waals surface area contributed by atoms with Crippen LogP contribution < -0.4 is 5.32 Å². The average Bonchev–Trinajstić information content (AvgIpc) is 3.06. The van der Waals surface area contributed by atoms with Gasteiger partial charge in [0.25, 0.3) is 0 Å². The Bertz CT molecular complexity index is 685. The van der Waals surface area contributed by atoms with Crippen LogP contribution in [0.15, 0.2) is 42.7 Å². The summed E-state index contributed by atoms with van der Waals surface area (Å²) in [5, 5.41) is 7.45. The largest absolute Gasteiger partial charge is 0.348 e. The molecule has 134 valence electrons. The van der Waals surface area contributed by atoms with Crippen molar-refractivity contribution in [1.82, 2.24) is 24.9 Å². The van der Waals surface area contributed by atoms with Gasteiger partial charge in [-0.1, -0.05) is 18.2 Å². The summed E-state index contributed by atoms with van der Waals surface area (Å²) in [6, 6.07) is 9.88. The fourth-order valence-corrected chi connectivity index (χ4v) is 3.30. The molecule has 1 atom stereocenters. The molecule has 0 aliphatic carbocycles. The van der Waals surface area contributed by atoms with E-state index in [-0.39, 0.29) is 11.9 Å². The van der Waals surface area contributed by atoms with E-state index in [4.69, 9.17) is 0 Å². The number of hydrogen-bond donors (Lipinski definition) is 1. The molecule has 0 spiro atoms. The van der Waals surface area contributed by atoms with Gasteiger partial charge < -0.3 is 10.2 Å². The van der Waals surface area contributed by atoms with E-state index in [1.165, 1.54) is 0 Å². The molecule has 1 aromatic carbocycles. The van der Waals surface area contributed by atoms with Crippen LogP contribution >= 0.6 is 0 Å². The molecule has 2 heterocycles. The van der Waals surface area contributed by atoms with Crippen LogP contribution in [0.3, 0.4) is 0 Å². The summed E-state index contributed by atoms with van der Waals surface area (Å²) >= 11 is 0. The van der Waals surface area contributed by atoms with E-state index in [1.54, 1.807) is 6.20 Å². The number of rotatable bonds is 5. The van der Waals surface area contributed by atoms with E-state index in [1.807, 2.05) is 48.1 Å². The standard InChI is InChI=1S/C19H27N5O/c1-16(17-7-3-4-8-18(17)24-12-5-9-20-24)21-19(25)15-23-11-6-10-22(2)13-14-23/h3-5,7-9,12,16H,6,10-11,13-15H2,1-2H3,(H,21,25). The number of hydrogen-bond acceptors (Lipinski definition) is 4. The smallest absolute Gasteiger partial charge is 0.234 e. The molecule has 1 aliphatic heterocycles. The highest BCUT2D eigenvalue weighted by Crippen LogP contribution is 2.20. The lowest BCUT2D eigenvalue weighted by atomic mass is 10.1. The SMILES string of the molecule is CC(NC(=O)CN1CCCN(C)CC1)c1ccccc1-n1cccn1. The number of likely N-dealkylation sites (N-methyl/N-ethyl adjacent to an activating group) is 1. The predicted molar refractivity (Wildman–Crippen MR) is 98.7 cm³/mol. The fourth-order valence-electron chi connectivity index (χ4n) is 3.30. The van der Waals surface area contributed by atoms with Crippen molar-refractivity contribution in [3.63, 3.8) is 0 Å². The lowest BCUT2D eigenvalue weighted by Gasteiger charge is -2.22. The molecular weight excluding hydrogens is 314 g/mol. The van der Waals surface area contributed by atoms with E-state index in [0.29, 0.717) is 6.54 Å². The first-order valence-corrected chi connectivity index (χ1v) is 8.92. The van der Waals surface area contributed by atoms with Gasteiger partial charge in [0.2, 0.25) is 5.91 Å². The molecule has 1 unspecified atom stereocenters. The Morgan fingerprint density at radius 2 is 2.04 bits per heavy atom. The number of benzene rings is 1. The molecule has 25 heavy (non-hydrogen) atoms. The Morgan fingerprint density at radius 3 is 2.84 bits per heavy atom. The van der Waals surface area contributed by atoms with Crippen LogP contribution in [0, 0.1) is 0 Å². The molecular formula is C19H27N5O. The number of nitrogens with zero attached hydrogens (tertiary/aromatic N) is 4. The van der Waals surface area contributed by atoms with E-state index in [2.05, 4.69) is 27.3 Å². The molecule has 2 aromatic rings. The van der Waals surface area contributed by atoms with Crippen molar-refractivity contribution in [2.24, 2.45) is 0 Å². The third-order valence-corrected chi connectivity index (χ3v) is 4.71. The second kappa shape index (κ2) is 8.27. The minimum atomic E-state index is -0.0671. The molecule has 6 heteroatoms. The van der Waals surface area contributed by atoms with Gasteiger partial charge in [0.15, 0.2) is 0 Å². The molecule has 1 fully saturated rings. The Hall–Kier alpha value is -2.18. The first-order chi connectivity index (χ1) is 12.1. The van der Waals surface area contributed by atoms with Crippen LogP contribution in [0.5, 0.6) is 0 Å². The van der Waals surface area contributed by atoms with Gasteiger partial charge in [0.05, 0.1) is 18.3 Å². The van der Waals surface area contributed by atoms with Crippen LogP contribution in [0.4, 0.5) is 0 Å². The van der Waals surface area contributed by atoms with E-state index >= 15 is 0 Å². The van der Waals surface area contributed by atoms with Gasteiger partial charge in [-0.15, -0.1) is 0 Å². The summed E-state index contributed by atoms with van der Waals surface area (Å²) in [7, 11) is 2.14. The maximum atomic E-state index is 12.5. The normalized spacial score (nSPS) is 17.8. The zero-order chi connectivity index (χ0) is 17.6. The van der Waals surface area contributed by atoms with Crippen molar-refractivity contribution in [3.8, 4) is 5.69 Å². The Kier molecular flexibility index (Phi) is 5.83. The first kappa shape index (κ1) is 17.6. The fraction of sp³-hybridized carbons (Fsp3) is 0.474. The van der Waals surface area contributed by atoms with E-state index < -0.39 is 0 Å². The number of carbonyl (C=O) groups is 1. The van der Waals surface area contributed by atoms with Crippen LogP contribution in [0.25, 0.3) is 5.69 Å². The third kappa shape index (κ3) is 4.67. The highest BCUT2D eigenvalue weighted by molar-refractivity contribution is 5.78. The maximum absolute atomic E-state index is 12.5. The minimum Gasteiger partial charge on any atom is -0.348 e. The van der Waals surface area contributed by atoms with Crippen LogP contribution in [0.2, 0.25) is 0 Å². The number of para-hydroxylation sites is 1. The third-order valence-electron chi connectivity index (χ3n) is 4.71. The molecule has 0 radical (unpaired) electrons. The second-order valence-corrected chi connectivity index (χ2v) is 6.73. The zero-order valence-corrected chi connectivity index (χ0v) is 15.1. The van der Waals surface area contributed by atoms with Crippen molar-refractivity contribution in [1.29, 1.82) is 0 Å². The van der Waals surface area contributed by atoms with E-state index in [9.17, 15) is 4.79 Å². The van der Waals surface area contributed by atoms with Gasteiger partial charge in [-0.3, -0.25) is 9.69 Å². The zero-order valence-electron chi connectivity index (χ0n) is 15.1. The molecule has 1 aliphatic rings. The number of aromatic nitrogens is 2. The first-order valence-electron chi connectivity index (χ1n) is 8.92. The minimum absolute atomic E-state index is 0.0671. The van der Waals surface area contributed by atoms with Crippen molar-refractivity contribution >= 4 is 5.91 Å². The molecule has 6 nitrogen and oxygen atoms in total. The van der Waals surface area contributed by atoms with Crippen LogP contribution in [-0.2, 0) is 4.79 Å². The Morgan fingerprint density at radius 1 is 1.20 bits per heavy atom. The predicted octanol–water partition coefficient (Wildman–Crippen LogP) is 1.69. The van der Waals surface area contributed by atoms with Crippen molar-refractivity contribution < 1.29 is 4.79 Å². The monoisotopic (exact) mass is 341 g/mol. The molecule has 1 saturated heterocycles. The molecule has 1 aromatic heterocycles. The van der Waals surface area contributed by atoms with Gasteiger partial charge in [-0.2, -0.15) is 5.10 Å². The van der Waals surface area contributed by atoms with Crippen molar-refractivity contribution in [2.45, 2.75) is 19.4 Å². The molecule has 0 bridgehead atoms. The number of amides is 1. The van der Waals surface area contributed by atoms with Gasteiger partial charge in [-0.25, -0.2) is 4.68 Å². The maximum Gasteiger partial charge on any atom is 0.234 e. The summed E-state index contributed by atoms with van der Waals surface area (Å²) in [6.07, 6.45) is 4.79. The number of carbonyl (C=O) groups excluding carboxylic acids is 1. The molecule has 3 rings (SSSR count). The quantitative estimate of drug-likeness (QED) is 0.899. The Labute approximate surface area is 149 Å². The van der Waals surface area contributed by atoms with Gasteiger partial charge in [0.1, 0.15) is 0 Å². The van der Waals surface area contributed by atoms with Crippen molar-refractivity contribution in [2.75, 3.05) is 39.8 Å². The lowest BCUT2D eigenvalue weighted by Crippen LogP contribution is -2.40. The summed E-state index contributed by atoms with van der Waals surface area (Å²) in [6.45, 7) is 6.54. The van der Waals surface area contributed by atoms with Crippen LogP contribution in [-0.4, -0.2) is 65.3 Å².